The molecule has 3 N–H and O–H groups in total. The summed E-state index contributed by atoms with van der Waals surface area (Å²) in [6, 6.07) is -0.999. The minimum atomic E-state index is -0.984. The van der Waals surface area contributed by atoms with Gasteiger partial charge >= 0.3 is 12.0 Å². The topological polar surface area (TPSA) is 78.4 Å². The minimum absolute atomic E-state index is 0.126. The predicted octanol–water partition coefficient (Wildman–Crippen LogP) is 2.75. The molecule has 0 aromatic carbocycles. The average molecular weight is 284 g/mol. The van der Waals surface area contributed by atoms with Gasteiger partial charge in [0.2, 0.25) is 0 Å². The van der Waals surface area contributed by atoms with E-state index in [2.05, 4.69) is 17.6 Å². The van der Waals surface area contributed by atoms with Gasteiger partial charge < -0.3 is 15.7 Å². The fourth-order valence-electron chi connectivity index (χ4n) is 2.89. The highest BCUT2D eigenvalue weighted by Gasteiger charge is 2.26. The SMILES string of the molecule is CCCC1CCC(NC(=O)NC(C(=O)O)C(C)C)CC1. The van der Waals surface area contributed by atoms with E-state index in [0.29, 0.717) is 0 Å². The van der Waals surface area contributed by atoms with Crippen LogP contribution >= 0.6 is 0 Å². The molecule has 0 bridgehead atoms. The average Bonchev–Trinajstić information content (AvgIpc) is 2.38. The number of rotatable bonds is 6. The van der Waals surface area contributed by atoms with Gasteiger partial charge in [-0.25, -0.2) is 9.59 Å². The molecule has 1 fully saturated rings. The molecule has 0 radical (unpaired) electrons. The number of hydrogen-bond donors (Lipinski definition) is 3. The van der Waals surface area contributed by atoms with E-state index in [1.54, 1.807) is 13.8 Å². The van der Waals surface area contributed by atoms with Crippen LogP contribution in [0.5, 0.6) is 0 Å². The molecule has 0 spiro atoms. The number of carboxylic acid groups (broad SMARTS) is 1. The molecule has 20 heavy (non-hydrogen) atoms. The largest absolute Gasteiger partial charge is 0.480 e. The molecule has 5 nitrogen and oxygen atoms in total. The van der Waals surface area contributed by atoms with E-state index in [-0.39, 0.29) is 18.0 Å². The van der Waals surface area contributed by atoms with E-state index in [1.807, 2.05) is 0 Å². The molecule has 0 saturated heterocycles. The summed E-state index contributed by atoms with van der Waals surface area (Å²) >= 11 is 0. The van der Waals surface area contributed by atoms with Gasteiger partial charge in [0, 0.05) is 6.04 Å². The van der Waals surface area contributed by atoms with Crippen molar-refractivity contribution in [2.45, 2.75) is 71.4 Å². The van der Waals surface area contributed by atoms with Gasteiger partial charge in [-0.1, -0.05) is 33.6 Å². The maximum absolute atomic E-state index is 11.9. The first-order valence-corrected chi connectivity index (χ1v) is 7.73. The van der Waals surface area contributed by atoms with Crippen molar-refractivity contribution in [3.8, 4) is 0 Å². The molecule has 5 heteroatoms. The minimum Gasteiger partial charge on any atom is -0.480 e. The molecule has 0 aromatic heterocycles. The normalized spacial score (nSPS) is 24.2. The number of aliphatic carboxylic acids is 1. The Balaban J connectivity index is 2.34. The molecular weight excluding hydrogens is 256 g/mol. The molecule has 1 saturated carbocycles. The van der Waals surface area contributed by atoms with E-state index in [4.69, 9.17) is 5.11 Å². The van der Waals surface area contributed by atoms with E-state index >= 15 is 0 Å². The van der Waals surface area contributed by atoms with E-state index < -0.39 is 12.0 Å². The van der Waals surface area contributed by atoms with Gasteiger partial charge in [-0.15, -0.1) is 0 Å². The number of amides is 2. The van der Waals surface area contributed by atoms with Crippen LogP contribution in [0, 0.1) is 11.8 Å². The van der Waals surface area contributed by atoms with Crippen molar-refractivity contribution >= 4 is 12.0 Å². The molecule has 1 rings (SSSR count). The molecular formula is C15H28N2O3. The first kappa shape index (κ1) is 16.8. The number of nitrogens with one attached hydrogen (secondary N) is 2. The third-order valence-corrected chi connectivity index (χ3v) is 4.10. The molecule has 1 unspecified atom stereocenters. The van der Waals surface area contributed by atoms with Crippen molar-refractivity contribution in [3.63, 3.8) is 0 Å². The Hall–Kier alpha value is -1.26. The molecule has 1 aliphatic rings. The van der Waals surface area contributed by atoms with Gasteiger partial charge in [0.1, 0.15) is 6.04 Å². The summed E-state index contributed by atoms with van der Waals surface area (Å²) in [7, 11) is 0. The molecule has 0 heterocycles. The number of hydrogen-bond acceptors (Lipinski definition) is 2. The fourth-order valence-corrected chi connectivity index (χ4v) is 2.89. The van der Waals surface area contributed by atoms with Crippen molar-refractivity contribution in [3.05, 3.63) is 0 Å². The van der Waals surface area contributed by atoms with Crippen molar-refractivity contribution < 1.29 is 14.7 Å². The lowest BCUT2D eigenvalue weighted by Gasteiger charge is -2.29. The summed E-state index contributed by atoms with van der Waals surface area (Å²) in [4.78, 5) is 22.9. The van der Waals surface area contributed by atoms with Gasteiger partial charge in [-0.2, -0.15) is 0 Å². The van der Waals surface area contributed by atoms with Gasteiger partial charge in [0.05, 0.1) is 0 Å². The lowest BCUT2D eigenvalue weighted by Crippen LogP contribution is -2.51. The molecule has 2 amide bonds. The summed E-state index contributed by atoms with van der Waals surface area (Å²) in [6.45, 7) is 5.78. The van der Waals surface area contributed by atoms with Crippen molar-refractivity contribution in [2.75, 3.05) is 0 Å². The number of carboxylic acids is 1. The number of carbonyl (C=O) groups excluding carboxylic acids is 1. The van der Waals surface area contributed by atoms with Crippen molar-refractivity contribution in [1.29, 1.82) is 0 Å². The van der Waals surface area contributed by atoms with Crippen LogP contribution in [0.2, 0.25) is 0 Å². The van der Waals surface area contributed by atoms with E-state index in [1.165, 1.54) is 12.8 Å². The highest BCUT2D eigenvalue weighted by molar-refractivity contribution is 5.82. The summed E-state index contributed by atoms with van der Waals surface area (Å²) in [5.74, 6) is -0.316. The predicted molar refractivity (Wildman–Crippen MR) is 78.6 cm³/mol. The standard InChI is InChI=1S/C15H28N2O3/c1-4-5-11-6-8-12(9-7-11)16-15(20)17-13(10(2)3)14(18)19/h10-13H,4-9H2,1-3H3,(H,18,19)(H2,16,17,20). The molecule has 116 valence electrons. The maximum atomic E-state index is 11.9. The second kappa shape index (κ2) is 8.12. The number of urea groups is 1. The Labute approximate surface area is 121 Å². The highest BCUT2D eigenvalue weighted by atomic mass is 16.4. The third-order valence-electron chi connectivity index (χ3n) is 4.10. The summed E-state index contributed by atoms with van der Waals surface area (Å²) in [6.07, 6.45) is 6.80. The lowest BCUT2D eigenvalue weighted by molar-refractivity contribution is -0.140. The molecule has 0 aliphatic heterocycles. The summed E-state index contributed by atoms with van der Waals surface area (Å²) < 4.78 is 0. The van der Waals surface area contributed by atoms with Crippen LogP contribution in [0.3, 0.4) is 0 Å². The summed E-state index contributed by atoms with van der Waals surface area (Å²) in [5.41, 5.74) is 0. The Kier molecular flexibility index (Phi) is 6.82. The quantitative estimate of drug-likeness (QED) is 0.701. The van der Waals surface area contributed by atoms with Crippen LogP contribution in [-0.2, 0) is 4.79 Å². The third kappa shape index (κ3) is 5.39. The van der Waals surface area contributed by atoms with Gasteiger partial charge in [-0.05, 0) is 37.5 Å². The second-order valence-corrected chi connectivity index (χ2v) is 6.18. The second-order valence-electron chi connectivity index (χ2n) is 6.18. The highest BCUT2D eigenvalue weighted by Crippen LogP contribution is 2.27. The van der Waals surface area contributed by atoms with Gasteiger partial charge in [-0.3, -0.25) is 0 Å². The fraction of sp³-hybridized carbons (Fsp3) is 0.867. The lowest BCUT2D eigenvalue weighted by atomic mass is 9.83. The monoisotopic (exact) mass is 284 g/mol. The van der Waals surface area contributed by atoms with Gasteiger partial charge in [0.15, 0.2) is 0 Å². The van der Waals surface area contributed by atoms with E-state index in [9.17, 15) is 9.59 Å². The Morgan fingerprint density at radius 1 is 1.20 bits per heavy atom. The first-order valence-electron chi connectivity index (χ1n) is 7.73. The van der Waals surface area contributed by atoms with Crippen LogP contribution in [-0.4, -0.2) is 29.2 Å². The number of carbonyl (C=O) groups is 2. The van der Waals surface area contributed by atoms with Crippen LogP contribution in [0.1, 0.15) is 59.3 Å². The van der Waals surface area contributed by atoms with Crippen LogP contribution < -0.4 is 10.6 Å². The Bertz CT molecular complexity index is 323. The van der Waals surface area contributed by atoms with Crippen LogP contribution in [0.4, 0.5) is 4.79 Å². The summed E-state index contributed by atoms with van der Waals surface area (Å²) in [5, 5.41) is 14.5. The Morgan fingerprint density at radius 3 is 2.25 bits per heavy atom. The van der Waals surface area contributed by atoms with Crippen molar-refractivity contribution in [1.82, 2.24) is 10.6 Å². The zero-order valence-corrected chi connectivity index (χ0v) is 12.8. The zero-order valence-electron chi connectivity index (χ0n) is 12.8. The molecule has 1 aliphatic carbocycles. The van der Waals surface area contributed by atoms with Crippen LogP contribution in [0.15, 0.2) is 0 Å². The van der Waals surface area contributed by atoms with Crippen LogP contribution in [0.25, 0.3) is 0 Å². The zero-order chi connectivity index (χ0) is 15.1. The van der Waals surface area contributed by atoms with Gasteiger partial charge in [0.25, 0.3) is 0 Å². The Morgan fingerprint density at radius 2 is 1.80 bits per heavy atom. The molecule has 1 atom stereocenters. The maximum Gasteiger partial charge on any atom is 0.326 e. The first-order chi connectivity index (χ1) is 9.43. The smallest absolute Gasteiger partial charge is 0.326 e. The van der Waals surface area contributed by atoms with E-state index in [0.717, 1.165) is 31.6 Å². The molecule has 0 aromatic rings. The van der Waals surface area contributed by atoms with Crippen molar-refractivity contribution in [2.24, 2.45) is 11.8 Å².